The number of carbonyl (C=O) groups excluding carboxylic acids is 4. The maximum absolute atomic E-state index is 14.1. The molecule has 240 valence electrons. The zero-order valence-corrected chi connectivity index (χ0v) is 27.3. The minimum atomic E-state index is -1.36. The monoisotopic (exact) mass is 616 g/mol. The van der Waals surface area contributed by atoms with E-state index in [1.807, 2.05) is 60.9 Å². The molecule has 4 rings (SSSR count). The second-order valence-electron chi connectivity index (χ2n) is 12.9. The third-order valence-electron chi connectivity index (χ3n) is 8.14. The van der Waals surface area contributed by atoms with Crippen LogP contribution in [0.4, 0.5) is 4.79 Å². The number of carbonyl (C=O) groups is 4. The van der Waals surface area contributed by atoms with E-state index in [1.54, 1.807) is 41.7 Å². The van der Waals surface area contributed by atoms with Gasteiger partial charge < -0.3 is 30.2 Å². The highest BCUT2D eigenvalue weighted by Crippen LogP contribution is 2.23. The zero-order valence-electron chi connectivity index (χ0n) is 27.3. The highest BCUT2D eigenvalue weighted by Gasteiger charge is 2.40. The van der Waals surface area contributed by atoms with Crippen LogP contribution in [0, 0.1) is 0 Å². The Bertz CT molecular complexity index is 1700. The van der Waals surface area contributed by atoms with Crippen LogP contribution in [-0.4, -0.2) is 81.0 Å². The number of hydrogen-bond donors (Lipinski definition) is 4. The van der Waals surface area contributed by atoms with E-state index in [2.05, 4.69) is 20.6 Å². The van der Waals surface area contributed by atoms with Crippen LogP contribution in [0.25, 0.3) is 21.8 Å². The van der Waals surface area contributed by atoms with Crippen LogP contribution in [0.3, 0.4) is 0 Å². The highest BCUT2D eigenvalue weighted by atomic mass is 16.6. The van der Waals surface area contributed by atoms with Crippen molar-refractivity contribution in [2.45, 2.75) is 77.7 Å². The summed E-state index contributed by atoms with van der Waals surface area (Å²) in [5, 5.41) is 7.83. The Morgan fingerprint density at radius 1 is 0.800 bits per heavy atom. The van der Waals surface area contributed by atoms with Gasteiger partial charge in [0.25, 0.3) is 0 Å². The Morgan fingerprint density at radius 3 is 1.82 bits per heavy atom. The van der Waals surface area contributed by atoms with Gasteiger partial charge in [0, 0.05) is 68.1 Å². The van der Waals surface area contributed by atoms with Crippen molar-refractivity contribution in [2.24, 2.45) is 0 Å². The molecule has 2 aromatic carbocycles. The average Bonchev–Trinajstić information content (AvgIpc) is 3.58. The summed E-state index contributed by atoms with van der Waals surface area (Å²) in [6.45, 7) is 9.87. The van der Waals surface area contributed by atoms with Gasteiger partial charge in [0.05, 0.1) is 0 Å². The van der Waals surface area contributed by atoms with Gasteiger partial charge in [-0.1, -0.05) is 36.4 Å². The molecule has 4 aromatic rings. The largest absolute Gasteiger partial charge is 0.444 e. The lowest BCUT2D eigenvalue weighted by molar-refractivity contribution is -0.137. The Kier molecular flexibility index (Phi) is 9.60. The molecule has 0 saturated carbocycles. The maximum atomic E-state index is 14.1. The van der Waals surface area contributed by atoms with Gasteiger partial charge in [-0.25, -0.2) is 4.79 Å². The van der Waals surface area contributed by atoms with Gasteiger partial charge in [0.1, 0.15) is 23.3 Å². The van der Waals surface area contributed by atoms with E-state index in [1.165, 1.54) is 23.8 Å². The first kappa shape index (κ1) is 33.1. The lowest BCUT2D eigenvalue weighted by Gasteiger charge is -2.36. The van der Waals surface area contributed by atoms with Crippen molar-refractivity contribution in [1.82, 2.24) is 30.4 Å². The van der Waals surface area contributed by atoms with E-state index >= 15 is 0 Å². The first-order chi connectivity index (χ1) is 21.1. The molecule has 0 radical (unpaired) electrons. The maximum Gasteiger partial charge on any atom is 0.410 e. The molecule has 4 amide bonds. The Labute approximate surface area is 263 Å². The van der Waals surface area contributed by atoms with Gasteiger partial charge in [-0.3, -0.25) is 19.3 Å². The predicted octanol–water partition coefficient (Wildman–Crippen LogP) is 4.49. The van der Waals surface area contributed by atoms with E-state index in [0.29, 0.717) is 6.42 Å². The number of nitrogens with one attached hydrogen (secondary N) is 4. The van der Waals surface area contributed by atoms with Gasteiger partial charge in [-0.15, -0.1) is 0 Å². The molecule has 0 saturated heterocycles. The molecule has 0 bridgehead atoms. The first-order valence-electron chi connectivity index (χ1n) is 15.0. The van der Waals surface area contributed by atoms with Gasteiger partial charge in [-0.2, -0.15) is 0 Å². The number of likely N-dealkylation sites (N-methyl/N-ethyl adjacent to an activating group) is 2. The Morgan fingerprint density at radius 2 is 1.31 bits per heavy atom. The van der Waals surface area contributed by atoms with Crippen LogP contribution >= 0.6 is 0 Å². The third kappa shape index (κ3) is 7.65. The van der Waals surface area contributed by atoms with E-state index in [4.69, 9.17) is 4.74 Å². The van der Waals surface area contributed by atoms with E-state index in [9.17, 15) is 19.2 Å². The minimum Gasteiger partial charge on any atom is -0.444 e. The summed E-state index contributed by atoms with van der Waals surface area (Å²) in [5.74, 6) is -1.23. The van der Waals surface area contributed by atoms with Crippen molar-refractivity contribution in [2.75, 3.05) is 14.1 Å². The van der Waals surface area contributed by atoms with Crippen LogP contribution in [-0.2, 0) is 32.0 Å². The standard InChI is InChI=1S/C34H44N6O5/c1-21(41)39(7)29(18-23-20-36-27-16-12-10-14-25(23)27)38-30(42)28(17-22-19-35-26-15-11-9-13-24(22)26)37-31(43)34(5,6)40(8)32(44)45-33(2,3)4/h9-16,19-20,28-29,35-36H,17-18H2,1-8H3,(H,37,43)(H,38,42)/t28-,29+/m1/s1. The highest BCUT2D eigenvalue weighted by molar-refractivity contribution is 5.94. The summed E-state index contributed by atoms with van der Waals surface area (Å²) in [4.78, 5) is 62.4. The van der Waals surface area contributed by atoms with Crippen molar-refractivity contribution in [3.05, 3.63) is 72.1 Å². The second-order valence-corrected chi connectivity index (χ2v) is 12.9. The van der Waals surface area contributed by atoms with Crippen LogP contribution in [0.2, 0.25) is 0 Å². The molecule has 4 N–H and O–H groups in total. The van der Waals surface area contributed by atoms with Crippen LogP contribution < -0.4 is 10.6 Å². The number of fused-ring (bicyclic) bond motifs is 2. The minimum absolute atomic E-state index is 0.164. The SMILES string of the molecule is CC(=O)N(C)[C@@H](Cc1c[nH]c2ccccc12)NC(=O)[C@@H](Cc1c[nH]c2ccccc12)NC(=O)C(C)(C)N(C)C(=O)OC(C)(C)C. The van der Waals surface area contributed by atoms with Gasteiger partial charge in [-0.05, 0) is 57.9 Å². The number of para-hydroxylation sites is 2. The van der Waals surface area contributed by atoms with Crippen LogP contribution in [0.15, 0.2) is 60.9 Å². The third-order valence-corrected chi connectivity index (χ3v) is 8.14. The summed E-state index contributed by atoms with van der Waals surface area (Å²) in [5.41, 5.74) is 1.50. The van der Waals surface area contributed by atoms with Crippen LogP contribution in [0.1, 0.15) is 52.7 Å². The van der Waals surface area contributed by atoms with E-state index in [0.717, 1.165) is 32.9 Å². The normalized spacial score (nSPS) is 13.2. The number of rotatable bonds is 10. The van der Waals surface area contributed by atoms with Gasteiger partial charge in [0.15, 0.2) is 0 Å². The molecule has 45 heavy (non-hydrogen) atoms. The summed E-state index contributed by atoms with van der Waals surface area (Å²) >= 11 is 0. The Hall–Kier alpha value is -4.80. The average molecular weight is 617 g/mol. The van der Waals surface area contributed by atoms with Crippen molar-refractivity contribution < 1.29 is 23.9 Å². The number of aromatic amines is 2. The molecule has 0 aliphatic heterocycles. The summed E-state index contributed by atoms with van der Waals surface area (Å²) in [6, 6.07) is 14.5. The molecule has 0 fully saturated rings. The number of amides is 4. The summed E-state index contributed by atoms with van der Waals surface area (Å²) in [6.07, 6.45) is 2.83. The van der Waals surface area contributed by atoms with Crippen molar-refractivity contribution in [3.8, 4) is 0 Å². The fourth-order valence-corrected chi connectivity index (χ4v) is 5.05. The molecule has 0 aliphatic carbocycles. The zero-order chi connectivity index (χ0) is 33.1. The number of aromatic nitrogens is 2. The van der Waals surface area contributed by atoms with Crippen molar-refractivity contribution >= 4 is 45.6 Å². The smallest absolute Gasteiger partial charge is 0.410 e. The fourth-order valence-electron chi connectivity index (χ4n) is 5.05. The molecular formula is C34H44N6O5. The molecule has 2 heterocycles. The van der Waals surface area contributed by atoms with E-state index < -0.39 is 41.3 Å². The molecule has 11 nitrogen and oxygen atoms in total. The Balaban J connectivity index is 1.63. The lowest BCUT2D eigenvalue weighted by Crippen LogP contribution is -2.61. The number of nitrogens with zero attached hydrogens (tertiary/aromatic N) is 2. The molecule has 2 aromatic heterocycles. The molecule has 0 aliphatic rings. The number of H-pyrrole nitrogens is 2. The summed E-state index contributed by atoms with van der Waals surface area (Å²) < 4.78 is 5.49. The molecule has 11 heteroatoms. The number of hydrogen-bond acceptors (Lipinski definition) is 5. The number of ether oxygens (including phenoxy) is 1. The van der Waals surface area contributed by atoms with Gasteiger partial charge in [0.2, 0.25) is 17.7 Å². The fraction of sp³-hybridized carbons (Fsp3) is 0.412. The predicted molar refractivity (Wildman–Crippen MR) is 174 cm³/mol. The van der Waals surface area contributed by atoms with E-state index in [-0.39, 0.29) is 12.3 Å². The van der Waals surface area contributed by atoms with Gasteiger partial charge >= 0.3 is 6.09 Å². The van der Waals surface area contributed by atoms with Crippen LogP contribution in [0.5, 0.6) is 0 Å². The lowest BCUT2D eigenvalue weighted by atomic mass is 9.99. The molecule has 0 unspecified atom stereocenters. The first-order valence-corrected chi connectivity index (χ1v) is 15.0. The van der Waals surface area contributed by atoms with Crippen molar-refractivity contribution in [3.63, 3.8) is 0 Å². The molecular weight excluding hydrogens is 572 g/mol. The molecule has 2 atom stereocenters. The second kappa shape index (κ2) is 13.1. The van der Waals surface area contributed by atoms with Crippen molar-refractivity contribution in [1.29, 1.82) is 0 Å². The topological polar surface area (TPSA) is 140 Å². The summed E-state index contributed by atoms with van der Waals surface area (Å²) in [7, 11) is 3.12. The quantitative estimate of drug-likeness (QED) is 0.195. The molecule has 0 spiro atoms. The number of benzene rings is 2.